The SMILES string of the molecule is C#CCOC[C@H](O)COc1ccc(C(C)(C)c2ccc(OC[C@H](O)CCl)cc2)cc1.S.S. The quantitative estimate of drug-likeness (QED) is 0.265. The number of ether oxygens (including phenoxy) is 3. The fraction of sp³-hybridized carbons (Fsp3) is 0.417. The van der Waals surface area contributed by atoms with E-state index in [0.717, 1.165) is 11.1 Å². The lowest BCUT2D eigenvalue weighted by molar-refractivity contribution is 0.0229. The summed E-state index contributed by atoms with van der Waals surface area (Å²) >= 11 is 5.58. The number of hydrogen-bond acceptors (Lipinski definition) is 5. The molecule has 0 saturated heterocycles. The van der Waals surface area contributed by atoms with Crippen LogP contribution in [0.15, 0.2) is 48.5 Å². The van der Waals surface area contributed by atoms with Crippen LogP contribution in [0.1, 0.15) is 25.0 Å². The first kappa shape index (κ1) is 30.5. The minimum atomic E-state index is -0.735. The highest BCUT2D eigenvalue weighted by atomic mass is 35.5. The largest absolute Gasteiger partial charge is 0.491 e. The molecular weight excluding hydrogens is 468 g/mol. The highest BCUT2D eigenvalue weighted by molar-refractivity contribution is 7.59. The van der Waals surface area contributed by atoms with Gasteiger partial charge in [-0.1, -0.05) is 44.0 Å². The van der Waals surface area contributed by atoms with Crippen molar-refractivity contribution in [1.29, 1.82) is 0 Å². The van der Waals surface area contributed by atoms with Gasteiger partial charge in [-0.3, -0.25) is 0 Å². The third-order valence-corrected chi connectivity index (χ3v) is 5.07. The zero-order valence-electron chi connectivity index (χ0n) is 18.4. The van der Waals surface area contributed by atoms with Crippen molar-refractivity contribution in [3.05, 3.63) is 59.7 Å². The van der Waals surface area contributed by atoms with Gasteiger partial charge in [0.2, 0.25) is 0 Å². The molecule has 32 heavy (non-hydrogen) atoms. The molecule has 0 saturated carbocycles. The highest BCUT2D eigenvalue weighted by Gasteiger charge is 2.23. The Labute approximate surface area is 209 Å². The maximum absolute atomic E-state index is 9.83. The van der Waals surface area contributed by atoms with E-state index in [0.29, 0.717) is 11.5 Å². The molecule has 0 amide bonds. The average Bonchev–Trinajstić information content (AvgIpc) is 2.76. The smallest absolute Gasteiger partial charge is 0.119 e. The topological polar surface area (TPSA) is 68.2 Å². The number of benzene rings is 2. The Morgan fingerprint density at radius 3 is 1.69 bits per heavy atom. The fourth-order valence-corrected chi connectivity index (χ4v) is 2.92. The summed E-state index contributed by atoms with van der Waals surface area (Å²) in [5.74, 6) is 3.85. The highest BCUT2D eigenvalue weighted by Crippen LogP contribution is 2.33. The van der Waals surface area contributed by atoms with Crippen molar-refractivity contribution in [1.82, 2.24) is 0 Å². The van der Waals surface area contributed by atoms with E-state index in [4.69, 9.17) is 32.2 Å². The molecule has 2 aromatic rings. The number of alkyl halides is 1. The maximum atomic E-state index is 9.83. The van der Waals surface area contributed by atoms with Gasteiger partial charge in [-0.25, -0.2) is 0 Å². The molecule has 2 N–H and O–H groups in total. The van der Waals surface area contributed by atoms with E-state index >= 15 is 0 Å². The van der Waals surface area contributed by atoms with Gasteiger partial charge in [0.1, 0.15) is 43.5 Å². The molecule has 2 atom stereocenters. The molecule has 0 aliphatic rings. The minimum absolute atomic E-state index is 0. The van der Waals surface area contributed by atoms with Crippen LogP contribution in [0.5, 0.6) is 11.5 Å². The van der Waals surface area contributed by atoms with E-state index in [1.807, 2.05) is 48.5 Å². The van der Waals surface area contributed by atoms with Crippen LogP contribution in [0.3, 0.4) is 0 Å². The summed E-state index contributed by atoms with van der Waals surface area (Å²) in [6, 6.07) is 15.6. The second-order valence-corrected chi connectivity index (χ2v) is 7.79. The van der Waals surface area contributed by atoms with Gasteiger partial charge in [0.05, 0.1) is 12.5 Å². The second-order valence-electron chi connectivity index (χ2n) is 7.48. The van der Waals surface area contributed by atoms with Crippen LogP contribution in [-0.4, -0.2) is 54.7 Å². The molecule has 2 rings (SSSR count). The lowest BCUT2D eigenvalue weighted by Crippen LogP contribution is -2.23. The molecule has 0 aliphatic carbocycles. The van der Waals surface area contributed by atoms with Crippen LogP contribution in [0, 0.1) is 12.3 Å². The van der Waals surface area contributed by atoms with Gasteiger partial charge in [0.25, 0.3) is 0 Å². The number of hydrogen-bond donors (Lipinski definition) is 2. The van der Waals surface area contributed by atoms with Crippen LogP contribution in [0.25, 0.3) is 0 Å². The summed E-state index contributed by atoms with van der Waals surface area (Å²) in [5, 5.41) is 19.3. The molecule has 0 unspecified atom stereocenters. The third-order valence-electron chi connectivity index (χ3n) is 4.71. The first-order chi connectivity index (χ1) is 14.4. The summed E-state index contributed by atoms with van der Waals surface area (Å²) in [5.41, 5.74) is 2.02. The van der Waals surface area contributed by atoms with Gasteiger partial charge in [0.15, 0.2) is 0 Å². The normalized spacial score (nSPS) is 12.5. The predicted octanol–water partition coefficient (Wildman–Crippen LogP) is 3.61. The zero-order valence-corrected chi connectivity index (χ0v) is 21.1. The first-order valence-electron chi connectivity index (χ1n) is 9.76. The molecule has 5 nitrogen and oxygen atoms in total. The minimum Gasteiger partial charge on any atom is -0.491 e. The lowest BCUT2D eigenvalue weighted by atomic mass is 9.78. The van der Waals surface area contributed by atoms with Crippen LogP contribution < -0.4 is 9.47 Å². The van der Waals surface area contributed by atoms with Gasteiger partial charge in [0, 0.05) is 5.41 Å². The van der Waals surface area contributed by atoms with Gasteiger partial charge in [-0.05, 0) is 35.4 Å². The van der Waals surface area contributed by atoms with Gasteiger partial charge in [-0.15, -0.1) is 18.0 Å². The summed E-state index contributed by atoms with van der Waals surface area (Å²) in [6.07, 6.45) is 3.68. The second kappa shape index (κ2) is 15.3. The molecule has 0 spiro atoms. The van der Waals surface area contributed by atoms with Crippen LogP contribution >= 0.6 is 38.6 Å². The Balaban J connectivity index is 0.00000480. The standard InChI is InChI=1S/C24H29ClO5.2H2S/c1-4-13-28-15-21(27)17-30-23-11-7-19(8-12-23)24(2,3)18-5-9-22(10-6-18)29-16-20(26)14-25;;/h1,5-12,20-21,26-27H,13-17H2,2-3H3;2*1H2/t20-,21+;;/m1../s1. The van der Waals surface area contributed by atoms with E-state index in [2.05, 4.69) is 19.8 Å². The van der Waals surface area contributed by atoms with Crippen LogP contribution in [-0.2, 0) is 10.2 Å². The van der Waals surface area contributed by atoms with Gasteiger partial charge >= 0.3 is 0 Å². The molecule has 0 fully saturated rings. The molecular formula is C24H33ClO5S2. The number of aliphatic hydroxyl groups excluding tert-OH is 2. The van der Waals surface area contributed by atoms with Crippen molar-refractivity contribution in [2.45, 2.75) is 31.5 Å². The van der Waals surface area contributed by atoms with E-state index in [1.165, 1.54) is 0 Å². The number of halogens is 1. The Hall–Kier alpha value is -1.53. The summed E-state index contributed by atoms with van der Waals surface area (Å²) < 4.78 is 16.2. The van der Waals surface area contributed by atoms with E-state index < -0.39 is 12.2 Å². The fourth-order valence-electron chi connectivity index (χ4n) is 2.83. The van der Waals surface area contributed by atoms with Crippen molar-refractivity contribution >= 4 is 38.6 Å². The molecule has 0 heterocycles. The Kier molecular flexibility index (Phi) is 14.6. The van der Waals surface area contributed by atoms with E-state index in [9.17, 15) is 10.2 Å². The number of rotatable bonds is 12. The molecule has 0 aromatic heterocycles. The number of aliphatic hydroxyl groups is 2. The lowest BCUT2D eigenvalue weighted by Gasteiger charge is -2.26. The maximum Gasteiger partial charge on any atom is 0.119 e. The molecule has 0 bridgehead atoms. The van der Waals surface area contributed by atoms with Crippen molar-refractivity contribution in [2.75, 3.05) is 32.3 Å². The van der Waals surface area contributed by atoms with E-state index in [1.54, 1.807) is 0 Å². The van der Waals surface area contributed by atoms with Crippen LogP contribution in [0.4, 0.5) is 0 Å². The molecule has 0 aliphatic heterocycles. The molecule has 2 aromatic carbocycles. The monoisotopic (exact) mass is 500 g/mol. The van der Waals surface area contributed by atoms with Crippen LogP contribution in [0.2, 0.25) is 0 Å². The Bertz CT molecular complexity index is 807. The average molecular weight is 501 g/mol. The van der Waals surface area contributed by atoms with Gasteiger partial charge in [-0.2, -0.15) is 27.0 Å². The summed E-state index contributed by atoms with van der Waals surface area (Å²) in [7, 11) is 0. The molecule has 0 radical (unpaired) electrons. The Morgan fingerprint density at radius 2 is 1.28 bits per heavy atom. The third kappa shape index (κ3) is 9.53. The summed E-state index contributed by atoms with van der Waals surface area (Å²) in [4.78, 5) is 0. The van der Waals surface area contributed by atoms with Crippen molar-refractivity contribution in [3.63, 3.8) is 0 Å². The number of terminal acetylenes is 1. The molecule has 8 heteroatoms. The predicted molar refractivity (Wildman–Crippen MR) is 139 cm³/mol. The van der Waals surface area contributed by atoms with Crippen molar-refractivity contribution < 1.29 is 24.4 Å². The van der Waals surface area contributed by atoms with E-state index in [-0.39, 0.29) is 64.7 Å². The Morgan fingerprint density at radius 1 is 0.844 bits per heavy atom. The first-order valence-corrected chi connectivity index (χ1v) is 10.3. The van der Waals surface area contributed by atoms with Gasteiger partial charge < -0.3 is 24.4 Å². The molecule has 178 valence electrons. The summed E-state index contributed by atoms with van der Waals surface area (Å²) in [6.45, 7) is 4.89. The van der Waals surface area contributed by atoms with Crippen molar-refractivity contribution in [2.24, 2.45) is 0 Å². The zero-order chi connectivity index (χ0) is 22.0. The van der Waals surface area contributed by atoms with Crippen molar-refractivity contribution in [3.8, 4) is 23.8 Å².